The van der Waals surface area contributed by atoms with Crippen LogP contribution in [-0.2, 0) is 11.3 Å². The van der Waals surface area contributed by atoms with Crippen molar-refractivity contribution in [2.24, 2.45) is 5.73 Å². The van der Waals surface area contributed by atoms with Gasteiger partial charge in [-0.3, -0.25) is 14.5 Å². The van der Waals surface area contributed by atoms with Crippen molar-refractivity contribution in [1.82, 2.24) is 0 Å². The highest BCUT2D eigenvalue weighted by Crippen LogP contribution is 2.35. The maximum absolute atomic E-state index is 12.3. The van der Waals surface area contributed by atoms with Crippen molar-refractivity contribution in [3.8, 4) is 11.5 Å². The molecule has 1 heterocycles. The molecule has 1 unspecified atom stereocenters. The molecule has 0 bridgehead atoms. The third-order valence-electron chi connectivity index (χ3n) is 3.75. The lowest BCUT2D eigenvalue weighted by Crippen LogP contribution is -2.45. The first-order valence-electron chi connectivity index (χ1n) is 7.22. The molecule has 0 aromatic heterocycles. The lowest BCUT2D eigenvalue weighted by molar-refractivity contribution is -0.142. The summed E-state index contributed by atoms with van der Waals surface area (Å²) >= 11 is 0. The normalized spacial score (nSPS) is 16.3. The molecule has 124 valence electrons. The molecule has 0 fully saturated rings. The van der Waals surface area contributed by atoms with Gasteiger partial charge >= 0.3 is 0 Å². The fourth-order valence-electron chi connectivity index (χ4n) is 2.48. The third-order valence-corrected chi connectivity index (χ3v) is 3.75. The van der Waals surface area contributed by atoms with Crippen LogP contribution in [0.3, 0.4) is 0 Å². The van der Waals surface area contributed by atoms with Gasteiger partial charge in [0.15, 0.2) is 0 Å². The van der Waals surface area contributed by atoms with E-state index in [4.69, 9.17) is 15.2 Å². The lowest BCUT2D eigenvalue weighted by Gasteiger charge is -2.32. The molecule has 3 N–H and O–H groups in total. The maximum Gasteiger partial charge on any atom is 0.296 e. The summed E-state index contributed by atoms with van der Waals surface area (Å²) in [6.45, 7) is 0.207. The topological polar surface area (TPSA) is 102 Å². The van der Waals surface area contributed by atoms with Gasteiger partial charge < -0.3 is 20.3 Å². The smallest absolute Gasteiger partial charge is 0.296 e. The number of benzene rings is 2. The highest BCUT2D eigenvalue weighted by molar-refractivity contribution is 6.01. The SMILES string of the molecule is COc1ccc(CN2C(=O)C(O)Oc3ccc(C(N)=O)cc32)cc1. The Morgan fingerprint density at radius 2 is 2.00 bits per heavy atom. The summed E-state index contributed by atoms with van der Waals surface area (Å²) in [5.74, 6) is -0.218. The second-order valence-corrected chi connectivity index (χ2v) is 5.29. The van der Waals surface area contributed by atoms with E-state index in [1.165, 1.54) is 23.1 Å². The molecule has 0 aliphatic carbocycles. The first-order valence-corrected chi connectivity index (χ1v) is 7.22. The van der Waals surface area contributed by atoms with Crippen LogP contribution in [0.15, 0.2) is 42.5 Å². The van der Waals surface area contributed by atoms with Gasteiger partial charge in [0.1, 0.15) is 11.5 Å². The number of fused-ring (bicyclic) bond motifs is 1. The molecule has 1 atom stereocenters. The summed E-state index contributed by atoms with van der Waals surface area (Å²) in [6.07, 6.45) is -1.59. The van der Waals surface area contributed by atoms with Crippen molar-refractivity contribution >= 4 is 17.5 Å². The molecule has 1 aliphatic rings. The summed E-state index contributed by atoms with van der Waals surface area (Å²) in [5.41, 5.74) is 6.76. The Labute approximate surface area is 138 Å². The standard InChI is InChI=1S/C17H16N2O5/c1-23-12-5-2-10(3-6-12)9-19-13-8-11(15(18)20)4-7-14(13)24-17(22)16(19)21/h2-8,17,22H,9H2,1H3,(H2,18,20). The number of aliphatic hydroxyl groups excluding tert-OH is 1. The first-order chi connectivity index (χ1) is 11.5. The van der Waals surface area contributed by atoms with E-state index >= 15 is 0 Å². The molecule has 0 radical (unpaired) electrons. The Kier molecular flexibility index (Phi) is 4.09. The molecule has 3 rings (SSSR count). The van der Waals surface area contributed by atoms with E-state index < -0.39 is 18.1 Å². The van der Waals surface area contributed by atoms with Crippen molar-refractivity contribution < 1.29 is 24.2 Å². The Hall–Kier alpha value is -3.06. The van der Waals surface area contributed by atoms with Gasteiger partial charge in [0.05, 0.1) is 19.3 Å². The van der Waals surface area contributed by atoms with E-state index in [-0.39, 0.29) is 12.1 Å². The average molecular weight is 328 g/mol. The molecule has 2 amide bonds. The minimum atomic E-state index is -1.59. The Morgan fingerprint density at radius 3 is 2.62 bits per heavy atom. The average Bonchev–Trinajstić information content (AvgIpc) is 2.59. The van der Waals surface area contributed by atoms with E-state index in [1.807, 2.05) is 12.1 Å². The molecule has 1 aliphatic heterocycles. The quantitative estimate of drug-likeness (QED) is 0.873. The number of amides is 2. The molecule has 2 aromatic rings. The number of aliphatic hydroxyl groups is 1. The van der Waals surface area contributed by atoms with Crippen LogP contribution in [0.25, 0.3) is 0 Å². The highest BCUT2D eigenvalue weighted by Gasteiger charge is 2.33. The number of carbonyl (C=O) groups is 2. The number of hydrogen-bond acceptors (Lipinski definition) is 5. The van der Waals surface area contributed by atoms with Gasteiger partial charge in [-0.15, -0.1) is 0 Å². The molecule has 7 nitrogen and oxygen atoms in total. The number of nitrogens with two attached hydrogens (primary N) is 1. The zero-order valence-electron chi connectivity index (χ0n) is 12.9. The zero-order valence-corrected chi connectivity index (χ0v) is 12.9. The number of primary amides is 1. The third kappa shape index (κ3) is 2.89. The lowest BCUT2D eigenvalue weighted by atomic mass is 10.1. The van der Waals surface area contributed by atoms with E-state index in [0.717, 1.165) is 5.56 Å². The fraction of sp³-hybridized carbons (Fsp3) is 0.176. The number of hydrogen-bond donors (Lipinski definition) is 2. The zero-order chi connectivity index (χ0) is 17.3. The maximum atomic E-state index is 12.3. The molecule has 24 heavy (non-hydrogen) atoms. The van der Waals surface area contributed by atoms with Gasteiger partial charge in [0.25, 0.3) is 12.2 Å². The van der Waals surface area contributed by atoms with Crippen LogP contribution >= 0.6 is 0 Å². The van der Waals surface area contributed by atoms with E-state index in [0.29, 0.717) is 17.2 Å². The molecule has 0 saturated carbocycles. The van der Waals surface area contributed by atoms with Gasteiger partial charge in [-0.1, -0.05) is 12.1 Å². The van der Waals surface area contributed by atoms with Crippen LogP contribution in [-0.4, -0.2) is 30.3 Å². The van der Waals surface area contributed by atoms with E-state index in [2.05, 4.69) is 0 Å². The number of ether oxygens (including phenoxy) is 2. The van der Waals surface area contributed by atoms with E-state index in [9.17, 15) is 14.7 Å². The van der Waals surface area contributed by atoms with Crippen LogP contribution < -0.4 is 20.1 Å². The van der Waals surface area contributed by atoms with Crippen LogP contribution in [0.1, 0.15) is 15.9 Å². The Balaban J connectivity index is 1.97. The number of methoxy groups -OCH3 is 1. The predicted molar refractivity (Wildman–Crippen MR) is 85.8 cm³/mol. The second kappa shape index (κ2) is 6.21. The fourth-order valence-corrected chi connectivity index (χ4v) is 2.48. The number of nitrogens with zero attached hydrogens (tertiary/aromatic N) is 1. The van der Waals surface area contributed by atoms with Crippen LogP contribution in [0.4, 0.5) is 5.69 Å². The molecule has 0 spiro atoms. The van der Waals surface area contributed by atoms with Gasteiger partial charge in [0.2, 0.25) is 5.91 Å². The molecule has 2 aromatic carbocycles. The Morgan fingerprint density at radius 1 is 1.29 bits per heavy atom. The minimum Gasteiger partial charge on any atom is -0.497 e. The van der Waals surface area contributed by atoms with Gasteiger partial charge in [0, 0.05) is 5.56 Å². The summed E-state index contributed by atoms with van der Waals surface area (Å²) in [4.78, 5) is 25.0. The van der Waals surface area contributed by atoms with Crippen molar-refractivity contribution in [1.29, 1.82) is 0 Å². The van der Waals surface area contributed by atoms with Gasteiger partial charge in [-0.05, 0) is 35.9 Å². The second-order valence-electron chi connectivity index (χ2n) is 5.29. The van der Waals surface area contributed by atoms with Crippen LogP contribution in [0, 0.1) is 0 Å². The summed E-state index contributed by atoms with van der Waals surface area (Å²) < 4.78 is 10.3. The minimum absolute atomic E-state index is 0.207. The van der Waals surface area contributed by atoms with Crippen molar-refractivity contribution in [2.75, 3.05) is 12.0 Å². The molecular weight excluding hydrogens is 312 g/mol. The van der Waals surface area contributed by atoms with Crippen molar-refractivity contribution in [3.05, 3.63) is 53.6 Å². The first kappa shape index (κ1) is 15.8. The summed E-state index contributed by atoms with van der Waals surface area (Å²) in [6, 6.07) is 11.6. The Bertz CT molecular complexity index is 788. The number of carbonyl (C=O) groups excluding carboxylic acids is 2. The molecular formula is C17H16N2O5. The number of anilines is 1. The van der Waals surface area contributed by atoms with E-state index in [1.54, 1.807) is 19.2 Å². The predicted octanol–water partition coefficient (Wildman–Crippen LogP) is 1.04. The molecule has 7 heteroatoms. The highest BCUT2D eigenvalue weighted by atomic mass is 16.6. The summed E-state index contributed by atoms with van der Waals surface area (Å²) in [7, 11) is 1.57. The monoisotopic (exact) mass is 328 g/mol. The largest absolute Gasteiger partial charge is 0.497 e. The van der Waals surface area contributed by atoms with Crippen molar-refractivity contribution in [3.63, 3.8) is 0 Å². The van der Waals surface area contributed by atoms with Gasteiger partial charge in [-0.25, -0.2) is 0 Å². The van der Waals surface area contributed by atoms with Gasteiger partial charge in [-0.2, -0.15) is 0 Å². The van der Waals surface area contributed by atoms with Crippen LogP contribution in [0.5, 0.6) is 11.5 Å². The summed E-state index contributed by atoms with van der Waals surface area (Å²) in [5, 5.41) is 9.81. The van der Waals surface area contributed by atoms with Crippen molar-refractivity contribution in [2.45, 2.75) is 12.8 Å². The van der Waals surface area contributed by atoms with Crippen LogP contribution in [0.2, 0.25) is 0 Å². The molecule has 0 saturated heterocycles. The number of rotatable bonds is 4.